The first kappa shape index (κ1) is 15.0. The summed E-state index contributed by atoms with van der Waals surface area (Å²) in [5, 5.41) is 3.77. The fraction of sp³-hybridized carbons (Fsp3) is 0.667. The number of benzene rings is 1. The highest BCUT2D eigenvalue weighted by Gasteiger charge is 2.47. The molecule has 2 aliphatic rings. The zero-order chi connectivity index (χ0) is 14.7. The highest BCUT2D eigenvalue weighted by molar-refractivity contribution is 5.27. The van der Waals surface area contributed by atoms with E-state index in [1.54, 1.807) is 0 Å². The SMILES string of the molecule is CCCNC(C1CN(C)CCO1)C1CC1c1ccccc1. The molecule has 1 aliphatic heterocycles. The van der Waals surface area contributed by atoms with E-state index in [1.807, 2.05) is 0 Å². The van der Waals surface area contributed by atoms with Crippen molar-refractivity contribution in [2.75, 3.05) is 33.3 Å². The molecule has 0 radical (unpaired) electrons. The summed E-state index contributed by atoms with van der Waals surface area (Å²) in [6, 6.07) is 11.5. The fourth-order valence-electron chi connectivity index (χ4n) is 3.59. The predicted molar refractivity (Wildman–Crippen MR) is 86.6 cm³/mol. The molecular formula is C18H28N2O. The Labute approximate surface area is 128 Å². The van der Waals surface area contributed by atoms with Gasteiger partial charge in [0, 0.05) is 19.1 Å². The smallest absolute Gasteiger partial charge is 0.0858 e. The van der Waals surface area contributed by atoms with E-state index in [0.717, 1.165) is 38.1 Å². The molecule has 3 nitrogen and oxygen atoms in total. The molecule has 0 spiro atoms. The first-order valence-electron chi connectivity index (χ1n) is 8.38. The predicted octanol–water partition coefficient (Wildman–Crippen LogP) is 2.49. The van der Waals surface area contributed by atoms with E-state index in [2.05, 4.69) is 54.5 Å². The fourth-order valence-corrected chi connectivity index (χ4v) is 3.59. The largest absolute Gasteiger partial charge is 0.374 e. The van der Waals surface area contributed by atoms with Crippen molar-refractivity contribution in [3.05, 3.63) is 35.9 Å². The molecule has 116 valence electrons. The van der Waals surface area contributed by atoms with Gasteiger partial charge in [0.2, 0.25) is 0 Å². The molecule has 21 heavy (non-hydrogen) atoms. The molecule has 3 heteroatoms. The van der Waals surface area contributed by atoms with E-state index in [1.165, 1.54) is 18.4 Å². The molecule has 4 atom stereocenters. The summed E-state index contributed by atoms with van der Waals surface area (Å²) in [7, 11) is 2.20. The van der Waals surface area contributed by atoms with Gasteiger partial charge < -0.3 is 15.0 Å². The maximum atomic E-state index is 6.09. The van der Waals surface area contributed by atoms with Gasteiger partial charge in [0.1, 0.15) is 0 Å². The van der Waals surface area contributed by atoms with Crippen molar-refractivity contribution in [2.45, 2.75) is 37.8 Å². The molecular weight excluding hydrogens is 260 g/mol. The summed E-state index contributed by atoms with van der Waals surface area (Å²) in [6.45, 7) is 6.31. The molecule has 0 amide bonds. The van der Waals surface area contributed by atoms with Crippen LogP contribution in [0.1, 0.15) is 31.2 Å². The second kappa shape index (κ2) is 6.91. The molecule has 3 rings (SSSR count). The van der Waals surface area contributed by atoms with Gasteiger partial charge in [-0.3, -0.25) is 0 Å². The van der Waals surface area contributed by atoms with Crippen LogP contribution in [0.15, 0.2) is 30.3 Å². The maximum absolute atomic E-state index is 6.09. The quantitative estimate of drug-likeness (QED) is 0.870. The average Bonchev–Trinajstić information content (AvgIpc) is 3.29. The highest BCUT2D eigenvalue weighted by atomic mass is 16.5. The third kappa shape index (κ3) is 3.65. The second-order valence-corrected chi connectivity index (χ2v) is 6.57. The number of ether oxygens (including phenoxy) is 1. The molecule has 1 saturated heterocycles. The number of nitrogens with zero attached hydrogens (tertiary/aromatic N) is 1. The lowest BCUT2D eigenvalue weighted by Gasteiger charge is -2.36. The summed E-state index contributed by atoms with van der Waals surface area (Å²) in [6.07, 6.45) is 2.82. The Morgan fingerprint density at radius 1 is 1.33 bits per heavy atom. The maximum Gasteiger partial charge on any atom is 0.0858 e. The zero-order valence-electron chi connectivity index (χ0n) is 13.3. The third-order valence-electron chi connectivity index (χ3n) is 4.86. The van der Waals surface area contributed by atoms with Crippen LogP contribution in [0.4, 0.5) is 0 Å². The van der Waals surface area contributed by atoms with Gasteiger partial charge in [-0.05, 0) is 43.8 Å². The Balaban J connectivity index is 1.66. The van der Waals surface area contributed by atoms with Crippen LogP contribution >= 0.6 is 0 Å². The lowest BCUT2D eigenvalue weighted by atomic mass is 9.99. The zero-order valence-corrected chi connectivity index (χ0v) is 13.3. The molecule has 1 aliphatic carbocycles. The number of rotatable bonds is 6. The van der Waals surface area contributed by atoms with Crippen LogP contribution in [-0.4, -0.2) is 50.3 Å². The lowest BCUT2D eigenvalue weighted by Crippen LogP contribution is -2.52. The van der Waals surface area contributed by atoms with Crippen molar-refractivity contribution in [3.63, 3.8) is 0 Å². The molecule has 0 bridgehead atoms. The van der Waals surface area contributed by atoms with Gasteiger partial charge in [-0.2, -0.15) is 0 Å². The van der Waals surface area contributed by atoms with Crippen LogP contribution in [0.3, 0.4) is 0 Å². The minimum atomic E-state index is 0.342. The van der Waals surface area contributed by atoms with Gasteiger partial charge in [-0.25, -0.2) is 0 Å². The number of hydrogen-bond donors (Lipinski definition) is 1. The second-order valence-electron chi connectivity index (χ2n) is 6.57. The van der Waals surface area contributed by atoms with Crippen molar-refractivity contribution < 1.29 is 4.74 Å². The highest BCUT2D eigenvalue weighted by Crippen LogP contribution is 2.50. The van der Waals surface area contributed by atoms with Crippen molar-refractivity contribution in [3.8, 4) is 0 Å². The summed E-state index contributed by atoms with van der Waals surface area (Å²) in [4.78, 5) is 2.40. The molecule has 1 heterocycles. The topological polar surface area (TPSA) is 24.5 Å². The van der Waals surface area contributed by atoms with Crippen LogP contribution < -0.4 is 5.32 Å². The number of morpholine rings is 1. The van der Waals surface area contributed by atoms with E-state index in [-0.39, 0.29) is 0 Å². The van der Waals surface area contributed by atoms with E-state index in [9.17, 15) is 0 Å². The van der Waals surface area contributed by atoms with Crippen LogP contribution in [0, 0.1) is 5.92 Å². The number of likely N-dealkylation sites (N-methyl/N-ethyl adjacent to an activating group) is 1. The monoisotopic (exact) mass is 288 g/mol. The third-order valence-corrected chi connectivity index (χ3v) is 4.86. The van der Waals surface area contributed by atoms with Gasteiger partial charge in [0.25, 0.3) is 0 Å². The molecule has 2 fully saturated rings. The van der Waals surface area contributed by atoms with Gasteiger partial charge in [0.15, 0.2) is 0 Å². The molecule has 1 N–H and O–H groups in total. The molecule has 1 saturated carbocycles. The summed E-state index contributed by atoms with van der Waals surface area (Å²) in [5.74, 6) is 1.45. The van der Waals surface area contributed by atoms with Crippen molar-refractivity contribution in [2.24, 2.45) is 5.92 Å². The Hall–Kier alpha value is -0.900. The number of hydrogen-bond acceptors (Lipinski definition) is 3. The van der Waals surface area contributed by atoms with Crippen LogP contribution in [-0.2, 0) is 4.74 Å². The van der Waals surface area contributed by atoms with E-state index in [4.69, 9.17) is 4.74 Å². The van der Waals surface area contributed by atoms with Gasteiger partial charge in [0.05, 0.1) is 12.7 Å². The first-order valence-corrected chi connectivity index (χ1v) is 8.38. The molecule has 4 unspecified atom stereocenters. The molecule has 1 aromatic carbocycles. The normalized spacial score (nSPS) is 31.0. The number of nitrogens with one attached hydrogen (secondary N) is 1. The van der Waals surface area contributed by atoms with Crippen molar-refractivity contribution >= 4 is 0 Å². The van der Waals surface area contributed by atoms with Gasteiger partial charge in [-0.15, -0.1) is 0 Å². The lowest BCUT2D eigenvalue weighted by molar-refractivity contribution is -0.0427. The van der Waals surface area contributed by atoms with Gasteiger partial charge in [-0.1, -0.05) is 37.3 Å². The van der Waals surface area contributed by atoms with Crippen LogP contribution in [0.2, 0.25) is 0 Å². The summed E-state index contributed by atoms with van der Waals surface area (Å²) >= 11 is 0. The minimum absolute atomic E-state index is 0.342. The molecule has 0 aromatic heterocycles. The Morgan fingerprint density at radius 2 is 2.14 bits per heavy atom. The standard InChI is InChI=1S/C18H28N2O/c1-3-9-19-18(17-13-20(2)10-11-21-17)16-12-15(16)14-7-5-4-6-8-14/h4-8,15-19H,3,9-13H2,1-2H3. The minimum Gasteiger partial charge on any atom is -0.374 e. The summed E-state index contributed by atoms with van der Waals surface area (Å²) < 4.78 is 6.09. The Bertz CT molecular complexity index is 436. The molecule has 1 aromatic rings. The van der Waals surface area contributed by atoms with E-state index < -0.39 is 0 Å². The van der Waals surface area contributed by atoms with E-state index >= 15 is 0 Å². The first-order chi connectivity index (χ1) is 10.3. The van der Waals surface area contributed by atoms with Gasteiger partial charge >= 0.3 is 0 Å². The van der Waals surface area contributed by atoms with Crippen molar-refractivity contribution in [1.29, 1.82) is 0 Å². The average molecular weight is 288 g/mol. The Kier molecular flexibility index (Phi) is 4.94. The van der Waals surface area contributed by atoms with Crippen LogP contribution in [0.25, 0.3) is 0 Å². The summed E-state index contributed by atoms with van der Waals surface area (Å²) in [5.41, 5.74) is 1.50. The van der Waals surface area contributed by atoms with Crippen LogP contribution in [0.5, 0.6) is 0 Å². The Morgan fingerprint density at radius 3 is 2.86 bits per heavy atom. The van der Waals surface area contributed by atoms with Crippen molar-refractivity contribution in [1.82, 2.24) is 10.2 Å². The van der Waals surface area contributed by atoms with E-state index in [0.29, 0.717) is 12.1 Å².